The van der Waals surface area contributed by atoms with Crippen LogP contribution in [0, 0.1) is 6.92 Å². The number of amides is 1. The molecule has 1 amide bonds. The average molecular weight is 442 g/mol. The molecule has 1 aromatic carbocycles. The van der Waals surface area contributed by atoms with E-state index < -0.39 is 29.3 Å². The fourth-order valence-corrected chi connectivity index (χ4v) is 2.90. The summed E-state index contributed by atoms with van der Waals surface area (Å²) in [5.74, 6) is 0.112. The number of hydrogen-bond donors (Lipinski definition) is 1. The molecule has 0 saturated carbocycles. The van der Waals surface area contributed by atoms with Crippen molar-refractivity contribution in [2.75, 3.05) is 5.32 Å². The van der Waals surface area contributed by atoms with Crippen LogP contribution >= 0.6 is 11.6 Å². The van der Waals surface area contributed by atoms with Crippen LogP contribution in [0.15, 0.2) is 36.7 Å². The zero-order valence-corrected chi connectivity index (χ0v) is 17.0. The highest BCUT2D eigenvalue weighted by atomic mass is 35.5. The molecule has 11 heteroatoms. The molecule has 7 nitrogen and oxygen atoms in total. The Morgan fingerprint density at radius 3 is 2.57 bits per heavy atom. The smallest absolute Gasteiger partial charge is 0.436 e. The average Bonchev–Trinajstić information content (AvgIpc) is 3.26. The van der Waals surface area contributed by atoms with Gasteiger partial charge in [-0.1, -0.05) is 30.7 Å². The van der Waals surface area contributed by atoms with Crippen molar-refractivity contribution in [1.82, 2.24) is 19.6 Å². The number of rotatable bonds is 7. The molecule has 0 aliphatic rings. The molecule has 0 bridgehead atoms. The van der Waals surface area contributed by atoms with E-state index >= 15 is 0 Å². The Kier molecular flexibility index (Phi) is 6.35. The minimum absolute atomic E-state index is 0.0531. The summed E-state index contributed by atoms with van der Waals surface area (Å²) >= 11 is 5.69. The zero-order chi connectivity index (χ0) is 21.9. The molecule has 2 heterocycles. The summed E-state index contributed by atoms with van der Waals surface area (Å²) in [4.78, 5) is 12.2. The van der Waals surface area contributed by atoms with E-state index in [1.807, 2.05) is 24.3 Å². The van der Waals surface area contributed by atoms with Gasteiger partial charge in [-0.15, -0.1) is 0 Å². The Morgan fingerprint density at radius 1 is 1.27 bits per heavy atom. The van der Waals surface area contributed by atoms with Gasteiger partial charge in [-0.3, -0.25) is 9.48 Å². The number of halogens is 4. The van der Waals surface area contributed by atoms with E-state index in [9.17, 15) is 18.0 Å². The van der Waals surface area contributed by atoms with Crippen LogP contribution < -0.4 is 10.1 Å². The first kappa shape index (κ1) is 21.7. The van der Waals surface area contributed by atoms with Crippen LogP contribution in [0.2, 0.25) is 5.02 Å². The molecule has 160 valence electrons. The van der Waals surface area contributed by atoms with Gasteiger partial charge in [0.15, 0.2) is 12.4 Å². The largest absolute Gasteiger partial charge is 0.471 e. The van der Waals surface area contributed by atoms with E-state index in [1.54, 1.807) is 6.20 Å². The Labute approximate surface area is 175 Å². The first-order valence-electron chi connectivity index (χ1n) is 9.01. The topological polar surface area (TPSA) is 74.0 Å². The van der Waals surface area contributed by atoms with Crippen molar-refractivity contribution in [3.8, 4) is 5.75 Å². The van der Waals surface area contributed by atoms with Crippen molar-refractivity contribution < 1.29 is 22.7 Å². The normalized spacial score (nSPS) is 11.5. The van der Waals surface area contributed by atoms with Crippen molar-refractivity contribution in [2.24, 2.45) is 0 Å². The fraction of sp³-hybridized carbons (Fsp3) is 0.316. The molecule has 0 saturated heterocycles. The highest BCUT2D eigenvalue weighted by Crippen LogP contribution is 2.35. The molecule has 0 unspecified atom stereocenters. The van der Waals surface area contributed by atoms with Crippen LogP contribution in [-0.2, 0) is 30.7 Å². The van der Waals surface area contributed by atoms with E-state index in [1.165, 1.54) is 23.4 Å². The highest BCUT2D eigenvalue weighted by molar-refractivity contribution is 6.32. The van der Waals surface area contributed by atoms with E-state index in [0.29, 0.717) is 11.4 Å². The fourth-order valence-electron chi connectivity index (χ4n) is 2.66. The Bertz CT molecular complexity index is 1030. The van der Waals surface area contributed by atoms with Crippen LogP contribution in [0.5, 0.6) is 5.75 Å². The maximum atomic E-state index is 12.9. The van der Waals surface area contributed by atoms with Gasteiger partial charge in [-0.25, -0.2) is 4.68 Å². The summed E-state index contributed by atoms with van der Waals surface area (Å²) in [5, 5.41) is 9.51. The Morgan fingerprint density at radius 2 is 1.97 bits per heavy atom. The maximum absolute atomic E-state index is 12.9. The first-order chi connectivity index (χ1) is 14.2. The van der Waals surface area contributed by atoms with Crippen LogP contribution in [0.4, 0.5) is 18.9 Å². The standard InChI is InChI=1S/C19H19ClF3N5O2/c1-3-13-4-6-15(7-5-13)30-11-27-9-14(8-24-27)25-16(29)10-28-12(2)17(20)18(26-28)19(21,22)23/h4-9H,3,10-11H2,1-2H3,(H,25,29). The summed E-state index contributed by atoms with van der Waals surface area (Å²) < 4.78 is 46.6. The lowest BCUT2D eigenvalue weighted by Crippen LogP contribution is -2.20. The number of nitrogens with zero attached hydrogens (tertiary/aromatic N) is 4. The predicted octanol–water partition coefficient (Wildman–Crippen LogP) is 4.30. The third-order valence-corrected chi connectivity index (χ3v) is 4.76. The molecule has 3 rings (SSSR count). The lowest BCUT2D eigenvalue weighted by Gasteiger charge is -2.07. The Hall–Kier alpha value is -3.01. The number of anilines is 1. The monoisotopic (exact) mass is 441 g/mol. The second-order valence-electron chi connectivity index (χ2n) is 6.49. The van der Waals surface area contributed by atoms with Gasteiger partial charge < -0.3 is 10.1 Å². The van der Waals surface area contributed by atoms with Gasteiger partial charge in [0.2, 0.25) is 5.91 Å². The predicted molar refractivity (Wildman–Crippen MR) is 104 cm³/mol. The van der Waals surface area contributed by atoms with Gasteiger partial charge in [-0.05, 0) is 31.0 Å². The third kappa shape index (κ3) is 5.12. The number of aryl methyl sites for hydroxylation is 1. The molecule has 0 atom stereocenters. The van der Waals surface area contributed by atoms with Gasteiger partial charge >= 0.3 is 6.18 Å². The van der Waals surface area contributed by atoms with Crippen molar-refractivity contribution in [1.29, 1.82) is 0 Å². The molecule has 0 radical (unpaired) electrons. The molecule has 0 aliphatic carbocycles. The molecular weight excluding hydrogens is 423 g/mol. The quantitative estimate of drug-likeness (QED) is 0.593. The zero-order valence-electron chi connectivity index (χ0n) is 16.2. The number of aromatic nitrogens is 4. The molecule has 0 spiro atoms. The summed E-state index contributed by atoms with van der Waals surface area (Å²) in [6, 6.07) is 7.66. The van der Waals surface area contributed by atoms with Gasteiger partial charge in [-0.2, -0.15) is 23.4 Å². The molecule has 2 aromatic heterocycles. The number of hydrogen-bond acceptors (Lipinski definition) is 4. The van der Waals surface area contributed by atoms with Crippen molar-refractivity contribution in [3.05, 3.63) is 58.6 Å². The lowest BCUT2D eigenvalue weighted by atomic mass is 10.2. The summed E-state index contributed by atoms with van der Waals surface area (Å²) in [7, 11) is 0. The van der Waals surface area contributed by atoms with Crippen molar-refractivity contribution in [2.45, 2.75) is 39.7 Å². The van der Waals surface area contributed by atoms with E-state index in [-0.39, 0.29) is 12.4 Å². The number of carbonyl (C=O) groups excluding carboxylic acids is 1. The van der Waals surface area contributed by atoms with Crippen LogP contribution in [0.3, 0.4) is 0 Å². The number of benzene rings is 1. The van der Waals surface area contributed by atoms with Crippen LogP contribution in [0.25, 0.3) is 0 Å². The summed E-state index contributed by atoms with van der Waals surface area (Å²) in [6.07, 6.45) is -0.806. The maximum Gasteiger partial charge on any atom is 0.436 e. The minimum Gasteiger partial charge on any atom is -0.471 e. The van der Waals surface area contributed by atoms with E-state index in [4.69, 9.17) is 16.3 Å². The van der Waals surface area contributed by atoms with Gasteiger partial charge in [0.05, 0.1) is 28.8 Å². The van der Waals surface area contributed by atoms with Crippen molar-refractivity contribution in [3.63, 3.8) is 0 Å². The van der Waals surface area contributed by atoms with Gasteiger partial charge in [0.25, 0.3) is 0 Å². The van der Waals surface area contributed by atoms with Crippen LogP contribution in [-0.4, -0.2) is 25.5 Å². The molecule has 0 aliphatic heterocycles. The van der Waals surface area contributed by atoms with Gasteiger partial charge in [0, 0.05) is 0 Å². The highest BCUT2D eigenvalue weighted by Gasteiger charge is 2.38. The molecular formula is C19H19ClF3N5O2. The summed E-state index contributed by atoms with van der Waals surface area (Å²) in [6.45, 7) is 3.13. The second-order valence-corrected chi connectivity index (χ2v) is 6.87. The van der Waals surface area contributed by atoms with Crippen LogP contribution in [0.1, 0.15) is 23.9 Å². The molecule has 1 N–H and O–H groups in total. The lowest BCUT2D eigenvalue weighted by molar-refractivity contribution is -0.141. The molecule has 30 heavy (non-hydrogen) atoms. The Balaban J connectivity index is 1.57. The third-order valence-electron chi connectivity index (χ3n) is 4.31. The second kappa shape index (κ2) is 8.78. The summed E-state index contributed by atoms with van der Waals surface area (Å²) in [5.41, 5.74) is 0.406. The minimum atomic E-state index is -4.69. The van der Waals surface area contributed by atoms with E-state index in [2.05, 4.69) is 22.4 Å². The number of alkyl halides is 3. The number of carbonyl (C=O) groups is 1. The SMILES string of the molecule is CCc1ccc(OCn2cc(NC(=O)Cn3nc(C(F)(F)F)c(Cl)c3C)cn2)cc1. The number of ether oxygens (including phenoxy) is 1. The van der Waals surface area contributed by atoms with Gasteiger partial charge in [0.1, 0.15) is 12.3 Å². The number of nitrogens with one attached hydrogen (secondary N) is 1. The van der Waals surface area contributed by atoms with Crippen molar-refractivity contribution >= 4 is 23.2 Å². The molecule has 0 fully saturated rings. The molecule has 3 aromatic rings. The van der Waals surface area contributed by atoms with E-state index in [0.717, 1.165) is 11.1 Å². The first-order valence-corrected chi connectivity index (χ1v) is 9.39.